The van der Waals surface area contributed by atoms with Crippen molar-refractivity contribution in [1.82, 2.24) is 25.1 Å². The van der Waals surface area contributed by atoms with Crippen LogP contribution < -0.4 is 10.9 Å². The number of fused-ring (bicyclic) bond motifs is 1. The van der Waals surface area contributed by atoms with Crippen molar-refractivity contribution in [3.8, 4) is 0 Å². The van der Waals surface area contributed by atoms with E-state index in [2.05, 4.69) is 20.2 Å². The van der Waals surface area contributed by atoms with Gasteiger partial charge in [0.15, 0.2) is 0 Å². The van der Waals surface area contributed by atoms with Crippen molar-refractivity contribution in [2.75, 3.05) is 33.7 Å². The zero-order chi connectivity index (χ0) is 23.3. The van der Waals surface area contributed by atoms with Crippen LogP contribution in [-0.4, -0.2) is 77.5 Å². The Kier molecular flexibility index (Phi) is 7.98. The maximum absolute atomic E-state index is 12.4. The van der Waals surface area contributed by atoms with Gasteiger partial charge in [-0.3, -0.25) is 19.3 Å². The molecular weight excluding hydrogens is 410 g/mol. The zero-order valence-electron chi connectivity index (χ0n) is 19.3. The highest BCUT2D eigenvalue weighted by atomic mass is 16.5. The largest absolute Gasteiger partial charge is 0.363 e. The molecule has 32 heavy (non-hydrogen) atoms. The molecule has 0 saturated carbocycles. The molecular formula is C23H33N5O4. The van der Waals surface area contributed by atoms with Crippen molar-refractivity contribution < 1.29 is 14.3 Å². The van der Waals surface area contributed by atoms with E-state index in [1.165, 1.54) is 4.90 Å². The van der Waals surface area contributed by atoms with Crippen LogP contribution in [0.2, 0.25) is 0 Å². The number of benzene rings is 1. The average Bonchev–Trinajstić information content (AvgIpc) is 3.24. The van der Waals surface area contributed by atoms with Gasteiger partial charge in [-0.15, -0.1) is 0 Å². The summed E-state index contributed by atoms with van der Waals surface area (Å²) in [6.45, 7) is 6.09. The van der Waals surface area contributed by atoms with Gasteiger partial charge in [0.05, 0.1) is 23.6 Å². The lowest BCUT2D eigenvalue weighted by Crippen LogP contribution is -2.37. The monoisotopic (exact) mass is 443 g/mol. The van der Waals surface area contributed by atoms with Crippen molar-refractivity contribution in [3.63, 3.8) is 0 Å². The number of hydrogen-bond acceptors (Lipinski definition) is 6. The van der Waals surface area contributed by atoms with Crippen molar-refractivity contribution in [3.05, 3.63) is 39.9 Å². The van der Waals surface area contributed by atoms with Crippen LogP contribution in [-0.2, 0) is 20.9 Å². The number of aromatic nitrogens is 2. The van der Waals surface area contributed by atoms with Crippen LogP contribution in [0.5, 0.6) is 0 Å². The molecule has 0 aliphatic carbocycles. The molecule has 174 valence electrons. The zero-order valence-corrected chi connectivity index (χ0v) is 19.3. The average molecular weight is 444 g/mol. The Morgan fingerprint density at radius 1 is 1.28 bits per heavy atom. The second kappa shape index (κ2) is 10.7. The number of amides is 2. The first-order chi connectivity index (χ1) is 15.3. The van der Waals surface area contributed by atoms with E-state index in [4.69, 9.17) is 4.74 Å². The number of hydrogen-bond donors (Lipinski definition) is 2. The van der Waals surface area contributed by atoms with E-state index >= 15 is 0 Å². The summed E-state index contributed by atoms with van der Waals surface area (Å²) in [5.41, 5.74) is 1.52. The summed E-state index contributed by atoms with van der Waals surface area (Å²) in [6, 6.07) is 5.56. The molecule has 1 aromatic heterocycles. The Morgan fingerprint density at radius 3 is 2.78 bits per heavy atom. The first-order valence-electron chi connectivity index (χ1n) is 11.1. The Labute approximate surface area is 188 Å². The quantitative estimate of drug-likeness (QED) is 0.603. The fraction of sp³-hybridized carbons (Fsp3) is 0.565. The van der Waals surface area contributed by atoms with Gasteiger partial charge in [-0.05, 0) is 37.9 Å². The molecule has 1 saturated heterocycles. The SMILES string of the molecule is CCN(CCC(=O)NCC1CCC(C(=O)N(C)C)O1)Cc1nc2c(C)cccc2c(=O)[nH]1. The van der Waals surface area contributed by atoms with Gasteiger partial charge in [0, 0.05) is 33.6 Å². The Balaban J connectivity index is 1.48. The van der Waals surface area contributed by atoms with Crippen LogP contribution in [0.15, 0.2) is 23.0 Å². The van der Waals surface area contributed by atoms with Crippen LogP contribution in [0, 0.1) is 6.92 Å². The lowest BCUT2D eigenvalue weighted by atomic mass is 10.1. The van der Waals surface area contributed by atoms with Crippen molar-refractivity contribution in [2.24, 2.45) is 0 Å². The van der Waals surface area contributed by atoms with Gasteiger partial charge in [-0.1, -0.05) is 19.1 Å². The first kappa shape index (κ1) is 23.9. The molecule has 1 fully saturated rings. The molecule has 2 amide bonds. The number of aromatic amines is 1. The van der Waals surface area contributed by atoms with Crippen LogP contribution in [0.4, 0.5) is 0 Å². The highest BCUT2D eigenvalue weighted by Crippen LogP contribution is 2.20. The topological polar surface area (TPSA) is 108 Å². The Bertz CT molecular complexity index is 1020. The summed E-state index contributed by atoms with van der Waals surface area (Å²) < 4.78 is 5.76. The van der Waals surface area contributed by atoms with Gasteiger partial charge >= 0.3 is 0 Å². The number of nitrogens with one attached hydrogen (secondary N) is 2. The molecule has 2 unspecified atom stereocenters. The summed E-state index contributed by atoms with van der Waals surface area (Å²) in [4.78, 5) is 47.8. The maximum Gasteiger partial charge on any atom is 0.258 e. The van der Waals surface area contributed by atoms with E-state index in [9.17, 15) is 14.4 Å². The first-order valence-corrected chi connectivity index (χ1v) is 11.1. The number of likely N-dealkylation sites (N-methyl/N-ethyl adjacent to an activating group) is 1. The molecule has 2 atom stereocenters. The molecule has 9 heteroatoms. The van der Waals surface area contributed by atoms with Gasteiger partial charge in [0.1, 0.15) is 11.9 Å². The third kappa shape index (κ3) is 5.92. The fourth-order valence-corrected chi connectivity index (χ4v) is 3.89. The molecule has 3 rings (SSSR count). The summed E-state index contributed by atoms with van der Waals surface area (Å²) in [5, 5.41) is 3.49. The molecule has 2 aromatic rings. The lowest BCUT2D eigenvalue weighted by Gasteiger charge is -2.20. The molecule has 0 spiro atoms. The van der Waals surface area contributed by atoms with Crippen molar-refractivity contribution >= 4 is 22.7 Å². The third-order valence-corrected chi connectivity index (χ3v) is 5.81. The minimum absolute atomic E-state index is 0.0343. The van der Waals surface area contributed by atoms with E-state index in [1.807, 2.05) is 26.0 Å². The van der Waals surface area contributed by atoms with E-state index in [0.717, 1.165) is 18.5 Å². The molecule has 0 bridgehead atoms. The number of ether oxygens (including phenoxy) is 1. The second-order valence-electron chi connectivity index (χ2n) is 8.46. The summed E-state index contributed by atoms with van der Waals surface area (Å²) in [5.74, 6) is 0.494. The highest BCUT2D eigenvalue weighted by Gasteiger charge is 2.31. The third-order valence-electron chi connectivity index (χ3n) is 5.81. The van der Waals surface area contributed by atoms with Crippen LogP contribution >= 0.6 is 0 Å². The number of rotatable bonds is 9. The summed E-state index contributed by atoms with van der Waals surface area (Å²) >= 11 is 0. The summed E-state index contributed by atoms with van der Waals surface area (Å²) in [6.07, 6.45) is 1.22. The van der Waals surface area contributed by atoms with Crippen LogP contribution in [0.25, 0.3) is 10.9 Å². The minimum Gasteiger partial charge on any atom is -0.363 e. The number of aryl methyl sites for hydroxylation is 1. The van der Waals surface area contributed by atoms with Crippen molar-refractivity contribution in [2.45, 2.75) is 51.9 Å². The number of H-pyrrole nitrogens is 1. The Hall–Kier alpha value is -2.78. The van der Waals surface area contributed by atoms with E-state index in [0.29, 0.717) is 49.2 Å². The van der Waals surface area contributed by atoms with Crippen LogP contribution in [0.1, 0.15) is 37.6 Å². The smallest absolute Gasteiger partial charge is 0.258 e. The van der Waals surface area contributed by atoms with E-state index < -0.39 is 6.10 Å². The molecule has 2 heterocycles. The minimum atomic E-state index is -0.414. The number of carbonyl (C=O) groups excluding carboxylic acids is 2. The predicted octanol–water partition coefficient (Wildman–Crippen LogP) is 1.20. The summed E-state index contributed by atoms with van der Waals surface area (Å²) in [7, 11) is 3.43. The molecule has 1 aromatic carbocycles. The molecule has 1 aliphatic rings. The number of nitrogens with zero attached hydrogens (tertiary/aromatic N) is 3. The standard InChI is InChI=1S/C23H33N5O4/c1-5-28(14-19-25-21-15(2)7-6-8-17(21)22(30)26-19)12-11-20(29)24-13-16-9-10-18(32-16)23(31)27(3)4/h6-8,16,18H,5,9-14H2,1-4H3,(H,24,29)(H,25,26,30). The lowest BCUT2D eigenvalue weighted by molar-refractivity contribution is -0.140. The van der Waals surface area contributed by atoms with Gasteiger partial charge in [-0.2, -0.15) is 0 Å². The van der Waals surface area contributed by atoms with Gasteiger partial charge in [0.2, 0.25) is 5.91 Å². The Morgan fingerprint density at radius 2 is 2.06 bits per heavy atom. The molecule has 9 nitrogen and oxygen atoms in total. The van der Waals surface area contributed by atoms with Gasteiger partial charge in [0.25, 0.3) is 11.5 Å². The second-order valence-corrected chi connectivity index (χ2v) is 8.46. The van der Waals surface area contributed by atoms with Gasteiger partial charge in [-0.25, -0.2) is 4.98 Å². The molecule has 2 N–H and O–H groups in total. The van der Waals surface area contributed by atoms with Crippen LogP contribution in [0.3, 0.4) is 0 Å². The molecule has 1 aliphatic heterocycles. The van der Waals surface area contributed by atoms with Crippen molar-refractivity contribution in [1.29, 1.82) is 0 Å². The number of carbonyl (C=O) groups is 2. The number of para-hydroxylation sites is 1. The van der Waals surface area contributed by atoms with E-state index in [-0.39, 0.29) is 23.5 Å². The normalized spacial score (nSPS) is 18.3. The van der Waals surface area contributed by atoms with E-state index in [1.54, 1.807) is 20.2 Å². The highest BCUT2D eigenvalue weighted by molar-refractivity contribution is 5.81. The fourth-order valence-electron chi connectivity index (χ4n) is 3.89. The van der Waals surface area contributed by atoms with Gasteiger partial charge < -0.3 is 19.9 Å². The molecule has 0 radical (unpaired) electrons. The predicted molar refractivity (Wildman–Crippen MR) is 122 cm³/mol. The maximum atomic E-state index is 12.4.